The summed E-state index contributed by atoms with van der Waals surface area (Å²) in [6, 6.07) is 13.6. The molecular weight excluding hydrogens is 517 g/mol. The molecule has 2 fully saturated rings. The summed E-state index contributed by atoms with van der Waals surface area (Å²) in [7, 11) is 0. The number of aliphatic carboxylic acids is 1. The van der Waals surface area contributed by atoms with Crippen LogP contribution in [0, 0.1) is 17.7 Å². The molecule has 11 heteroatoms. The molecule has 0 atom stereocenters. The van der Waals surface area contributed by atoms with Crippen molar-refractivity contribution in [3.63, 3.8) is 0 Å². The molecule has 1 saturated carbocycles. The fourth-order valence-electron chi connectivity index (χ4n) is 5.52. The Morgan fingerprint density at radius 1 is 0.950 bits per heavy atom. The molecule has 2 amide bonds. The van der Waals surface area contributed by atoms with Gasteiger partial charge in [0.15, 0.2) is 0 Å². The molecular formula is C29H32FN5O5. The number of benzene rings is 2. The summed E-state index contributed by atoms with van der Waals surface area (Å²) in [6.45, 7) is 1.07. The molecule has 210 valence electrons. The Labute approximate surface area is 231 Å². The van der Waals surface area contributed by atoms with Gasteiger partial charge < -0.3 is 25.1 Å². The zero-order valence-electron chi connectivity index (χ0n) is 22.0. The Bertz CT molecular complexity index is 1340. The van der Waals surface area contributed by atoms with Crippen molar-refractivity contribution in [3.05, 3.63) is 65.8 Å². The Hall–Kier alpha value is -4.28. The second kappa shape index (κ2) is 12.3. The Morgan fingerprint density at radius 2 is 1.65 bits per heavy atom. The maximum Gasteiger partial charge on any atom is 0.320 e. The maximum absolute atomic E-state index is 13.8. The average molecular weight is 550 g/mol. The van der Waals surface area contributed by atoms with E-state index in [9.17, 15) is 18.8 Å². The van der Waals surface area contributed by atoms with E-state index in [0.29, 0.717) is 49.9 Å². The summed E-state index contributed by atoms with van der Waals surface area (Å²) in [4.78, 5) is 38.2. The number of nitrogens with one attached hydrogen (secondary N) is 2. The summed E-state index contributed by atoms with van der Waals surface area (Å²) in [5.41, 5.74) is 1.93. The highest BCUT2D eigenvalue weighted by Crippen LogP contribution is 2.38. The maximum atomic E-state index is 13.8. The van der Waals surface area contributed by atoms with Gasteiger partial charge in [-0.3, -0.25) is 14.4 Å². The van der Waals surface area contributed by atoms with E-state index in [4.69, 9.17) is 9.52 Å². The average Bonchev–Trinajstić information content (AvgIpc) is 3.44. The summed E-state index contributed by atoms with van der Waals surface area (Å²) in [6.07, 6.45) is 5.53. The molecule has 1 aliphatic carbocycles. The first kappa shape index (κ1) is 27.3. The van der Waals surface area contributed by atoms with Crippen molar-refractivity contribution in [3.8, 4) is 0 Å². The van der Waals surface area contributed by atoms with E-state index in [1.165, 1.54) is 17.7 Å². The third-order valence-corrected chi connectivity index (χ3v) is 7.88. The van der Waals surface area contributed by atoms with Crippen LogP contribution in [0.15, 0.2) is 52.9 Å². The van der Waals surface area contributed by atoms with Crippen molar-refractivity contribution >= 4 is 35.2 Å². The van der Waals surface area contributed by atoms with Gasteiger partial charge in [-0.2, -0.15) is 0 Å². The van der Waals surface area contributed by atoms with Gasteiger partial charge in [-0.1, -0.05) is 29.4 Å². The smallest absolute Gasteiger partial charge is 0.320 e. The van der Waals surface area contributed by atoms with E-state index in [1.807, 2.05) is 29.2 Å². The monoisotopic (exact) mass is 549 g/mol. The van der Waals surface area contributed by atoms with E-state index < -0.39 is 17.7 Å². The number of piperidine rings is 1. The zero-order valence-corrected chi connectivity index (χ0v) is 22.0. The number of anilines is 3. The van der Waals surface area contributed by atoms with Gasteiger partial charge in [0.25, 0.3) is 0 Å². The van der Waals surface area contributed by atoms with Crippen LogP contribution in [-0.2, 0) is 9.59 Å². The molecule has 1 saturated heterocycles. The van der Waals surface area contributed by atoms with Crippen molar-refractivity contribution in [2.45, 2.75) is 50.9 Å². The number of para-hydroxylation sites is 1. The van der Waals surface area contributed by atoms with E-state index >= 15 is 0 Å². The molecule has 1 aromatic heterocycles. The zero-order chi connectivity index (χ0) is 28.1. The second-order valence-electron chi connectivity index (χ2n) is 10.5. The van der Waals surface area contributed by atoms with E-state index in [0.717, 1.165) is 25.7 Å². The van der Waals surface area contributed by atoms with Crippen molar-refractivity contribution < 1.29 is 28.3 Å². The molecule has 3 N–H and O–H groups in total. The number of hydrogen-bond acceptors (Lipinski definition) is 7. The highest BCUT2D eigenvalue weighted by molar-refractivity contribution is 6.00. The number of carboxylic acids is 1. The Kier molecular flexibility index (Phi) is 8.37. The fraction of sp³-hybridized carbons (Fsp3) is 0.414. The molecule has 2 heterocycles. The van der Waals surface area contributed by atoms with Gasteiger partial charge in [-0.15, -0.1) is 5.10 Å². The Balaban J connectivity index is 1.07. The number of halogens is 1. The quantitative estimate of drug-likeness (QED) is 0.349. The minimum absolute atomic E-state index is 0.0920. The number of carbonyl (C=O) groups excluding carboxylic acids is 2. The number of carbonyl (C=O) groups is 3. The van der Waals surface area contributed by atoms with Crippen molar-refractivity contribution in [1.82, 2.24) is 15.1 Å². The summed E-state index contributed by atoms with van der Waals surface area (Å²) < 4.78 is 19.1. The van der Waals surface area contributed by atoms with Gasteiger partial charge in [0, 0.05) is 25.2 Å². The van der Waals surface area contributed by atoms with Crippen LogP contribution in [0.4, 0.5) is 21.8 Å². The number of amides is 2. The van der Waals surface area contributed by atoms with Gasteiger partial charge in [-0.05, 0) is 80.2 Å². The summed E-state index contributed by atoms with van der Waals surface area (Å²) in [5.74, 6) is -1.51. The minimum atomic E-state index is -0.767. The van der Waals surface area contributed by atoms with Crippen LogP contribution < -0.4 is 10.6 Å². The molecule has 2 aliphatic rings. The predicted molar refractivity (Wildman–Crippen MR) is 145 cm³/mol. The van der Waals surface area contributed by atoms with Crippen LogP contribution in [0.25, 0.3) is 0 Å². The highest BCUT2D eigenvalue weighted by atomic mass is 19.1. The number of carboxylic acid groups (broad SMARTS) is 1. The number of aromatic nitrogens is 2. The first-order chi connectivity index (χ1) is 19.4. The lowest BCUT2D eigenvalue weighted by molar-refractivity contribution is -0.146. The van der Waals surface area contributed by atoms with E-state index in [-0.39, 0.29) is 29.4 Å². The van der Waals surface area contributed by atoms with Crippen molar-refractivity contribution in [2.75, 3.05) is 23.7 Å². The SMILES string of the molecule is O=C(Nc1ccc(C2CCC(CC(=O)N3CCC(C(=O)O)CC3)CC2)cc1)c1nnc(Nc2ccccc2F)o1. The molecule has 40 heavy (non-hydrogen) atoms. The topological polar surface area (TPSA) is 138 Å². The van der Waals surface area contributed by atoms with E-state index in [2.05, 4.69) is 20.8 Å². The summed E-state index contributed by atoms with van der Waals surface area (Å²) in [5, 5.41) is 22.0. The third-order valence-electron chi connectivity index (χ3n) is 7.88. The summed E-state index contributed by atoms with van der Waals surface area (Å²) >= 11 is 0. The van der Waals surface area contributed by atoms with Crippen LogP contribution >= 0.6 is 0 Å². The molecule has 0 radical (unpaired) electrons. The number of likely N-dealkylation sites (tertiary alicyclic amines) is 1. The van der Waals surface area contributed by atoms with Crippen LogP contribution in [0.3, 0.4) is 0 Å². The first-order valence-corrected chi connectivity index (χ1v) is 13.6. The fourth-order valence-corrected chi connectivity index (χ4v) is 5.52. The van der Waals surface area contributed by atoms with Crippen LogP contribution in [0.5, 0.6) is 0 Å². The third kappa shape index (κ3) is 6.64. The molecule has 0 bridgehead atoms. The lowest BCUT2D eigenvalue weighted by Crippen LogP contribution is -2.41. The lowest BCUT2D eigenvalue weighted by atomic mass is 9.77. The lowest BCUT2D eigenvalue weighted by Gasteiger charge is -2.33. The molecule has 0 unspecified atom stereocenters. The predicted octanol–water partition coefficient (Wildman–Crippen LogP) is 5.19. The Morgan fingerprint density at radius 3 is 2.33 bits per heavy atom. The largest absolute Gasteiger partial charge is 0.481 e. The van der Waals surface area contributed by atoms with E-state index in [1.54, 1.807) is 12.1 Å². The molecule has 10 nitrogen and oxygen atoms in total. The number of rotatable bonds is 8. The van der Waals surface area contributed by atoms with Crippen molar-refractivity contribution in [2.24, 2.45) is 11.8 Å². The molecule has 0 spiro atoms. The van der Waals surface area contributed by atoms with Crippen LogP contribution in [0.2, 0.25) is 0 Å². The standard InChI is InChI=1S/C29H32FN5O5/c30-23-3-1-2-4-24(23)32-29-34-33-27(40-29)26(37)31-22-11-9-20(10-12-22)19-7-5-18(6-8-19)17-25(36)35-15-13-21(14-16-35)28(38)39/h1-4,9-12,18-19,21H,5-8,13-17H2,(H,31,37)(H,32,34)(H,38,39). The molecule has 3 aromatic rings. The normalized spacial score (nSPS) is 19.7. The van der Waals surface area contributed by atoms with Gasteiger partial charge in [0.2, 0.25) is 5.91 Å². The van der Waals surface area contributed by atoms with Gasteiger partial charge >= 0.3 is 23.8 Å². The minimum Gasteiger partial charge on any atom is -0.481 e. The van der Waals surface area contributed by atoms with Crippen molar-refractivity contribution in [1.29, 1.82) is 0 Å². The molecule has 1 aliphatic heterocycles. The molecule has 2 aromatic carbocycles. The van der Waals surface area contributed by atoms with Gasteiger partial charge in [0.1, 0.15) is 5.82 Å². The van der Waals surface area contributed by atoms with Crippen LogP contribution in [0.1, 0.15) is 67.1 Å². The van der Waals surface area contributed by atoms with Gasteiger partial charge in [-0.25, -0.2) is 4.39 Å². The van der Waals surface area contributed by atoms with Crippen LogP contribution in [-0.4, -0.2) is 51.1 Å². The van der Waals surface area contributed by atoms with Gasteiger partial charge in [0.05, 0.1) is 11.6 Å². The highest BCUT2D eigenvalue weighted by Gasteiger charge is 2.30. The number of hydrogen-bond donors (Lipinski definition) is 3. The molecule has 5 rings (SSSR count). The second-order valence-corrected chi connectivity index (χ2v) is 10.5. The first-order valence-electron chi connectivity index (χ1n) is 13.6. The number of nitrogens with zero attached hydrogens (tertiary/aromatic N) is 3.